The third-order valence-electron chi connectivity index (χ3n) is 5.99. The molecule has 1 atom stereocenters. The van der Waals surface area contributed by atoms with Crippen LogP contribution in [-0.4, -0.2) is 43.3 Å². The SMILES string of the molecule is CC[C@H](C(=O)NC(C)(C)C)N(Cc1ccc(Cl)cc1Cl)C(=O)CN(c1cc(Cl)cc(Cl)c1)S(=O)(=O)c1ccccc1. The Morgan fingerprint density at radius 1 is 0.878 bits per heavy atom. The number of benzene rings is 3. The predicted molar refractivity (Wildman–Crippen MR) is 166 cm³/mol. The molecule has 0 bridgehead atoms. The molecule has 0 spiro atoms. The maximum absolute atomic E-state index is 14.1. The first-order valence-corrected chi connectivity index (χ1v) is 15.7. The molecule has 0 saturated carbocycles. The van der Waals surface area contributed by atoms with Gasteiger partial charge in [-0.3, -0.25) is 13.9 Å². The average Bonchev–Trinajstić information content (AvgIpc) is 2.87. The van der Waals surface area contributed by atoms with Crippen LogP contribution in [0.4, 0.5) is 5.69 Å². The van der Waals surface area contributed by atoms with E-state index < -0.39 is 34.1 Å². The van der Waals surface area contributed by atoms with Crippen molar-refractivity contribution in [2.24, 2.45) is 0 Å². The Kier molecular flexibility index (Phi) is 11.0. The van der Waals surface area contributed by atoms with Crippen LogP contribution in [0.5, 0.6) is 0 Å². The van der Waals surface area contributed by atoms with Gasteiger partial charge in [0.05, 0.1) is 10.6 Å². The lowest BCUT2D eigenvalue weighted by Crippen LogP contribution is -2.55. The summed E-state index contributed by atoms with van der Waals surface area (Å²) in [5, 5.41) is 4.01. The fourth-order valence-electron chi connectivity index (χ4n) is 4.14. The molecule has 0 fully saturated rings. The lowest BCUT2D eigenvalue weighted by atomic mass is 10.1. The summed E-state index contributed by atoms with van der Waals surface area (Å²) in [4.78, 5) is 28.8. The largest absolute Gasteiger partial charge is 0.350 e. The van der Waals surface area contributed by atoms with E-state index in [1.165, 1.54) is 41.3 Å². The summed E-state index contributed by atoms with van der Waals surface area (Å²) in [6, 6.07) is 15.9. The van der Waals surface area contributed by atoms with Gasteiger partial charge >= 0.3 is 0 Å². The van der Waals surface area contributed by atoms with E-state index in [1.54, 1.807) is 37.3 Å². The van der Waals surface area contributed by atoms with Gasteiger partial charge in [0.2, 0.25) is 11.8 Å². The molecular formula is C29H31Cl4N3O4S. The van der Waals surface area contributed by atoms with Gasteiger partial charge in [0.25, 0.3) is 10.0 Å². The number of halogens is 4. The highest BCUT2D eigenvalue weighted by Crippen LogP contribution is 2.31. The first kappa shape index (κ1) is 33.0. The number of nitrogens with one attached hydrogen (secondary N) is 1. The average molecular weight is 659 g/mol. The number of rotatable bonds is 10. The Bertz CT molecular complexity index is 1490. The molecule has 1 N–H and O–H groups in total. The Morgan fingerprint density at radius 3 is 2.02 bits per heavy atom. The van der Waals surface area contributed by atoms with Crippen molar-refractivity contribution in [1.29, 1.82) is 0 Å². The molecule has 41 heavy (non-hydrogen) atoms. The Balaban J connectivity index is 2.12. The van der Waals surface area contributed by atoms with Gasteiger partial charge in [-0.2, -0.15) is 0 Å². The molecule has 0 radical (unpaired) electrons. The molecule has 0 saturated heterocycles. The summed E-state index contributed by atoms with van der Waals surface area (Å²) in [5.74, 6) is -1.02. The lowest BCUT2D eigenvalue weighted by molar-refractivity contribution is -0.141. The van der Waals surface area contributed by atoms with Crippen LogP contribution in [0.1, 0.15) is 39.7 Å². The maximum Gasteiger partial charge on any atom is 0.264 e. The fraction of sp³-hybridized carbons (Fsp3) is 0.310. The van der Waals surface area contributed by atoms with Crippen molar-refractivity contribution in [2.75, 3.05) is 10.8 Å². The first-order chi connectivity index (χ1) is 19.1. The Morgan fingerprint density at radius 2 is 1.49 bits per heavy atom. The van der Waals surface area contributed by atoms with Crippen LogP contribution in [0.25, 0.3) is 0 Å². The van der Waals surface area contributed by atoms with Crippen LogP contribution < -0.4 is 9.62 Å². The summed E-state index contributed by atoms with van der Waals surface area (Å²) in [6.07, 6.45) is 0.257. The van der Waals surface area contributed by atoms with E-state index in [0.717, 1.165) is 4.31 Å². The maximum atomic E-state index is 14.1. The molecule has 0 unspecified atom stereocenters. The molecule has 0 aliphatic heterocycles. The van der Waals surface area contributed by atoms with Crippen molar-refractivity contribution in [3.63, 3.8) is 0 Å². The second-order valence-corrected chi connectivity index (χ2v) is 14.0. The molecule has 3 aromatic carbocycles. The van der Waals surface area contributed by atoms with Crippen molar-refractivity contribution in [2.45, 2.75) is 57.1 Å². The molecule has 12 heteroatoms. The molecule has 0 aromatic heterocycles. The monoisotopic (exact) mass is 657 g/mol. The summed E-state index contributed by atoms with van der Waals surface area (Å²) < 4.78 is 28.7. The summed E-state index contributed by atoms with van der Waals surface area (Å²) in [7, 11) is -4.26. The molecule has 7 nitrogen and oxygen atoms in total. The summed E-state index contributed by atoms with van der Waals surface area (Å²) in [6.45, 7) is 6.55. The Labute approximate surface area is 261 Å². The van der Waals surface area contributed by atoms with E-state index in [-0.39, 0.29) is 39.5 Å². The zero-order valence-electron chi connectivity index (χ0n) is 23.0. The van der Waals surface area contributed by atoms with Crippen molar-refractivity contribution >= 4 is 73.9 Å². The van der Waals surface area contributed by atoms with Crippen LogP contribution in [0.15, 0.2) is 71.6 Å². The predicted octanol–water partition coefficient (Wildman–Crippen LogP) is 7.22. The number of sulfonamides is 1. The minimum atomic E-state index is -4.26. The highest BCUT2D eigenvalue weighted by atomic mass is 35.5. The standard InChI is InChI=1S/C29H31Cl4N3O4S/c1-5-26(28(38)34-29(2,3)4)35(17-19-11-12-20(30)16-25(19)33)27(37)18-36(23-14-21(31)13-22(32)15-23)41(39,40)24-9-7-6-8-10-24/h6-16,26H,5,17-18H2,1-4H3,(H,34,38)/t26-/m1/s1. The van der Waals surface area contributed by atoms with E-state index in [0.29, 0.717) is 15.6 Å². The van der Waals surface area contributed by atoms with Crippen molar-refractivity contribution in [1.82, 2.24) is 10.2 Å². The number of hydrogen-bond donors (Lipinski definition) is 1. The van der Waals surface area contributed by atoms with Crippen molar-refractivity contribution in [3.05, 3.63) is 92.4 Å². The minimum Gasteiger partial charge on any atom is -0.350 e. The minimum absolute atomic E-state index is 0.0336. The van der Waals surface area contributed by atoms with E-state index in [2.05, 4.69) is 5.32 Å². The van der Waals surface area contributed by atoms with Gasteiger partial charge in [0.15, 0.2) is 0 Å². The van der Waals surface area contributed by atoms with Gasteiger partial charge in [0, 0.05) is 32.2 Å². The molecule has 2 amide bonds. The number of nitrogens with zero attached hydrogens (tertiary/aromatic N) is 2. The summed E-state index contributed by atoms with van der Waals surface area (Å²) in [5.41, 5.74) is 0.0585. The lowest BCUT2D eigenvalue weighted by Gasteiger charge is -2.35. The van der Waals surface area contributed by atoms with Gasteiger partial charge in [-0.05, 0) is 75.2 Å². The van der Waals surface area contributed by atoms with Gasteiger partial charge in [-0.15, -0.1) is 0 Å². The van der Waals surface area contributed by atoms with Crippen molar-refractivity contribution in [3.8, 4) is 0 Å². The quantitative estimate of drug-likeness (QED) is 0.249. The van der Waals surface area contributed by atoms with E-state index in [9.17, 15) is 18.0 Å². The van der Waals surface area contributed by atoms with Crippen LogP contribution in [0, 0.1) is 0 Å². The van der Waals surface area contributed by atoms with Gasteiger partial charge < -0.3 is 10.2 Å². The van der Waals surface area contributed by atoms with Crippen LogP contribution in [0.3, 0.4) is 0 Å². The third kappa shape index (κ3) is 8.75. The third-order valence-corrected chi connectivity index (χ3v) is 8.80. The molecule has 0 aliphatic carbocycles. The van der Waals surface area contributed by atoms with Crippen LogP contribution >= 0.6 is 46.4 Å². The van der Waals surface area contributed by atoms with Crippen LogP contribution in [0.2, 0.25) is 20.1 Å². The summed E-state index contributed by atoms with van der Waals surface area (Å²) >= 11 is 25.0. The van der Waals surface area contributed by atoms with E-state index in [4.69, 9.17) is 46.4 Å². The molecule has 220 valence electrons. The number of amides is 2. The van der Waals surface area contributed by atoms with E-state index in [1.807, 2.05) is 20.8 Å². The smallest absolute Gasteiger partial charge is 0.264 e. The number of hydrogen-bond acceptors (Lipinski definition) is 4. The second-order valence-electron chi connectivity index (χ2n) is 10.4. The Hall–Kier alpha value is -2.49. The first-order valence-electron chi connectivity index (χ1n) is 12.7. The molecule has 3 rings (SSSR count). The topological polar surface area (TPSA) is 86.8 Å². The zero-order chi connectivity index (χ0) is 30.5. The normalized spacial score (nSPS) is 12.5. The fourth-order valence-corrected chi connectivity index (χ4v) is 6.54. The number of anilines is 1. The number of carbonyl (C=O) groups excluding carboxylic acids is 2. The van der Waals surface area contributed by atoms with Crippen molar-refractivity contribution < 1.29 is 18.0 Å². The van der Waals surface area contributed by atoms with Crippen LogP contribution in [-0.2, 0) is 26.2 Å². The second kappa shape index (κ2) is 13.7. The van der Waals surface area contributed by atoms with Gasteiger partial charge in [0.1, 0.15) is 12.6 Å². The zero-order valence-corrected chi connectivity index (χ0v) is 26.8. The van der Waals surface area contributed by atoms with Gasteiger partial charge in [-0.1, -0.05) is 77.6 Å². The highest BCUT2D eigenvalue weighted by Gasteiger charge is 2.35. The molecular weight excluding hydrogens is 628 g/mol. The molecule has 0 heterocycles. The molecule has 3 aromatic rings. The number of carbonyl (C=O) groups is 2. The van der Waals surface area contributed by atoms with Gasteiger partial charge in [-0.25, -0.2) is 8.42 Å². The molecule has 0 aliphatic rings. The van der Waals surface area contributed by atoms with E-state index >= 15 is 0 Å². The highest BCUT2D eigenvalue weighted by molar-refractivity contribution is 7.92.